The van der Waals surface area contributed by atoms with Crippen LogP contribution in [0.1, 0.15) is 12.5 Å². The fourth-order valence-corrected chi connectivity index (χ4v) is 1.73. The minimum Gasteiger partial charge on any atom is -0.378 e. The topological polar surface area (TPSA) is 20.2 Å². The number of aliphatic hydroxyl groups is 1. The molecular formula is C11H10FIO. The fraction of sp³-hybridized carbons (Fsp3) is 0.273. The van der Waals surface area contributed by atoms with Gasteiger partial charge in [0.25, 0.3) is 0 Å². The molecule has 74 valence electrons. The van der Waals surface area contributed by atoms with E-state index >= 15 is 0 Å². The third-order valence-electron chi connectivity index (χ3n) is 1.78. The highest BCUT2D eigenvalue weighted by molar-refractivity contribution is 14.1. The van der Waals surface area contributed by atoms with Crippen molar-refractivity contribution in [2.24, 2.45) is 0 Å². The zero-order valence-corrected chi connectivity index (χ0v) is 9.88. The van der Waals surface area contributed by atoms with Crippen LogP contribution < -0.4 is 0 Å². The van der Waals surface area contributed by atoms with Crippen LogP contribution in [-0.4, -0.2) is 10.7 Å². The highest BCUT2D eigenvalue weighted by Crippen LogP contribution is 2.13. The summed E-state index contributed by atoms with van der Waals surface area (Å²) in [5.41, 5.74) is -0.172. The molecule has 0 amide bonds. The molecule has 1 aromatic carbocycles. The first-order chi connectivity index (χ1) is 6.53. The van der Waals surface area contributed by atoms with E-state index in [0.717, 1.165) is 5.56 Å². The second kappa shape index (κ2) is 4.76. The molecule has 0 saturated heterocycles. The van der Waals surface area contributed by atoms with Crippen molar-refractivity contribution in [3.05, 3.63) is 35.6 Å². The first-order valence-corrected chi connectivity index (χ1v) is 5.21. The Balaban J connectivity index is 2.77. The van der Waals surface area contributed by atoms with E-state index < -0.39 is 5.60 Å². The first-order valence-electron chi connectivity index (χ1n) is 4.13. The summed E-state index contributed by atoms with van der Waals surface area (Å²) in [5, 5.41) is 9.77. The van der Waals surface area contributed by atoms with Gasteiger partial charge in [0.2, 0.25) is 0 Å². The molecule has 0 saturated carbocycles. The molecule has 0 fully saturated rings. The Morgan fingerprint density at radius 2 is 2.00 bits per heavy atom. The third-order valence-corrected chi connectivity index (χ3v) is 2.05. The average Bonchev–Trinajstić information content (AvgIpc) is 2.08. The standard InChI is InChI=1S/C11H10FIO/c1-11(14,6-7-13)8-9-2-4-10(12)5-3-9/h2-5,14H,8H2,1H3. The molecule has 0 aliphatic carbocycles. The largest absolute Gasteiger partial charge is 0.378 e. The molecule has 1 atom stereocenters. The van der Waals surface area contributed by atoms with Crippen LogP contribution in [0.15, 0.2) is 24.3 Å². The van der Waals surface area contributed by atoms with Gasteiger partial charge in [0.15, 0.2) is 0 Å². The number of hydrogen-bond acceptors (Lipinski definition) is 1. The van der Waals surface area contributed by atoms with Crippen LogP contribution in [0.3, 0.4) is 0 Å². The van der Waals surface area contributed by atoms with E-state index in [-0.39, 0.29) is 5.82 Å². The summed E-state index contributed by atoms with van der Waals surface area (Å²) >= 11 is 1.88. The molecule has 1 rings (SSSR count). The minimum atomic E-state index is -1.04. The van der Waals surface area contributed by atoms with Gasteiger partial charge in [0, 0.05) is 29.0 Å². The van der Waals surface area contributed by atoms with Crippen molar-refractivity contribution in [2.75, 3.05) is 0 Å². The average molecular weight is 304 g/mol. The molecule has 14 heavy (non-hydrogen) atoms. The van der Waals surface area contributed by atoms with Crippen LogP contribution in [0.4, 0.5) is 4.39 Å². The molecule has 0 heterocycles. The van der Waals surface area contributed by atoms with Crippen molar-refractivity contribution >= 4 is 22.6 Å². The van der Waals surface area contributed by atoms with Gasteiger partial charge >= 0.3 is 0 Å². The van der Waals surface area contributed by atoms with Gasteiger partial charge < -0.3 is 5.11 Å². The summed E-state index contributed by atoms with van der Waals surface area (Å²) in [6.07, 6.45) is 0.406. The predicted octanol–water partition coefficient (Wildman–Crippen LogP) is 2.52. The monoisotopic (exact) mass is 304 g/mol. The normalized spacial score (nSPS) is 14.0. The fourth-order valence-electron chi connectivity index (χ4n) is 1.15. The third kappa shape index (κ3) is 3.64. The Labute approximate surface area is 96.5 Å². The smallest absolute Gasteiger partial charge is 0.127 e. The summed E-state index contributed by atoms with van der Waals surface area (Å²) < 4.78 is 15.2. The van der Waals surface area contributed by atoms with E-state index in [2.05, 4.69) is 9.85 Å². The van der Waals surface area contributed by atoms with Crippen molar-refractivity contribution in [1.29, 1.82) is 0 Å². The van der Waals surface area contributed by atoms with Crippen LogP contribution in [0, 0.1) is 15.7 Å². The van der Waals surface area contributed by atoms with Gasteiger partial charge in [-0.2, -0.15) is 0 Å². The van der Waals surface area contributed by atoms with Crippen LogP contribution in [-0.2, 0) is 6.42 Å². The molecule has 0 aliphatic rings. The van der Waals surface area contributed by atoms with Crippen molar-refractivity contribution < 1.29 is 9.50 Å². The maximum absolute atomic E-state index is 12.6. The molecule has 1 nitrogen and oxygen atoms in total. The zero-order chi connectivity index (χ0) is 10.6. The summed E-state index contributed by atoms with van der Waals surface area (Å²) in [4.78, 5) is 0. The van der Waals surface area contributed by atoms with E-state index in [0.29, 0.717) is 6.42 Å². The Bertz CT molecular complexity index is 359. The number of benzene rings is 1. The second-order valence-electron chi connectivity index (χ2n) is 3.30. The van der Waals surface area contributed by atoms with E-state index in [1.807, 2.05) is 22.6 Å². The Kier molecular flexibility index (Phi) is 3.90. The molecule has 0 bridgehead atoms. The highest BCUT2D eigenvalue weighted by atomic mass is 127. The van der Waals surface area contributed by atoms with Crippen molar-refractivity contribution in [3.63, 3.8) is 0 Å². The summed E-state index contributed by atoms with van der Waals surface area (Å²) in [6.45, 7) is 1.64. The van der Waals surface area contributed by atoms with Gasteiger partial charge in [-0.3, -0.25) is 0 Å². The molecule has 1 aromatic rings. The lowest BCUT2D eigenvalue weighted by molar-refractivity contribution is 0.123. The maximum atomic E-state index is 12.6. The van der Waals surface area contributed by atoms with Gasteiger partial charge in [0.1, 0.15) is 11.4 Å². The molecule has 1 N–H and O–H groups in total. The van der Waals surface area contributed by atoms with Crippen LogP contribution in [0.5, 0.6) is 0 Å². The van der Waals surface area contributed by atoms with Crippen molar-refractivity contribution in [3.8, 4) is 9.85 Å². The van der Waals surface area contributed by atoms with Crippen LogP contribution in [0.25, 0.3) is 0 Å². The molecule has 0 aliphatic heterocycles. The zero-order valence-electron chi connectivity index (χ0n) is 7.72. The number of hydrogen-bond donors (Lipinski definition) is 1. The summed E-state index contributed by atoms with van der Waals surface area (Å²) in [6, 6.07) is 6.06. The maximum Gasteiger partial charge on any atom is 0.127 e. The number of rotatable bonds is 2. The van der Waals surface area contributed by atoms with Gasteiger partial charge in [-0.15, -0.1) is 0 Å². The molecule has 0 aromatic heterocycles. The molecular weight excluding hydrogens is 294 g/mol. The van der Waals surface area contributed by atoms with Crippen molar-refractivity contribution in [2.45, 2.75) is 18.9 Å². The van der Waals surface area contributed by atoms with Crippen molar-refractivity contribution in [1.82, 2.24) is 0 Å². The van der Waals surface area contributed by atoms with Gasteiger partial charge in [-0.25, -0.2) is 4.39 Å². The predicted molar refractivity (Wildman–Crippen MR) is 62.5 cm³/mol. The lowest BCUT2D eigenvalue weighted by Crippen LogP contribution is -2.24. The molecule has 1 unspecified atom stereocenters. The quantitative estimate of drug-likeness (QED) is 0.657. The summed E-state index contributed by atoms with van der Waals surface area (Å²) in [7, 11) is 0. The van der Waals surface area contributed by atoms with E-state index in [1.165, 1.54) is 12.1 Å². The minimum absolute atomic E-state index is 0.270. The Hall–Kier alpha value is -0.600. The molecule has 0 radical (unpaired) electrons. The van der Waals surface area contributed by atoms with Crippen LogP contribution in [0.2, 0.25) is 0 Å². The van der Waals surface area contributed by atoms with Gasteiger partial charge in [-0.1, -0.05) is 18.1 Å². The Morgan fingerprint density at radius 1 is 1.43 bits per heavy atom. The lowest BCUT2D eigenvalue weighted by Gasteiger charge is -2.15. The van der Waals surface area contributed by atoms with Gasteiger partial charge in [-0.05, 0) is 28.5 Å². The Morgan fingerprint density at radius 3 is 2.50 bits per heavy atom. The van der Waals surface area contributed by atoms with Crippen LogP contribution >= 0.6 is 22.6 Å². The lowest BCUT2D eigenvalue weighted by atomic mass is 9.98. The molecule has 3 heteroatoms. The summed E-state index contributed by atoms with van der Waals surface area (Å²) in [5.74, 6) is 2.41. The van der Waals surface area contributed by atoms with E-state index in [4.69, 9.17) is 0 Å². The van der Waals surface area contributed by atoms with E-state index in [1.54, 1.807) is 19.1 Å². The van der Waals surface area contributed by atoms with E-state index in [9.17, 15) is 9.50 Å². The highest BCUT2D eigenvalue weighted by Gasteiger charge is 2.17. The molecule has 0 spiro atoms. The van der Waals surface area contributed by atoms with Gasteiger partial charge in [0.05, 0.1) is 0 Å². The SMILES string of the molecule is CC(O)(C#CI)Cc1ccc(F)cc1. The second-order valence-corrected chi connectivity index (χ2v) is 3.84. The number of halogens is 2. The first kappa shape index (κ1) is 11.5.